The molecule has 17 unspecified atom stereocenters. The van der Waals surface area contributed by atoms with Crippen LogP contribution in [-0.4, -0.2) is 193 Å². The van der Waals surface area contributed by atoms with E-state index < -0.39 is 124 Å². The van der Waals surface area contributed by atoms with E-state index in [1.165, 1.54) is 308 Å². The lowest BCUT2D eigenvalue weighted by Crippen LogP contribution is -2.66. The Balaban J connectivity index is 1.33. The van der Waals surface area contributed by atoms with Gasteiger partial charge in [-0.3, -0.25) is 4.79 Å². The first-order valence-electron chi connectivity index (χ1n) is 45.9. The van der Waals surface area contributed by atoms with E-state index >= 15 is 0 Å². The molecular weight excluding hydrogens is 1390 g/mol. The smallest absolute Gasteiger partial charge is 0.220 e. The van der Waals surface area contributed by atoms with Crippen LogP contribution in [0.4, 0.5) is 0 Å². The third kappa shape index (κ3) is 49.1. The molecule has 110 heavy (non-hydrogen) atoms. The summed E-state index contributed by atoms with van der Waals surface area (Å²) in [5.41, 5.74) is 0. The van der Waals surface area contributed by atoms with Gasteiger partial charge in [0.15, 0.2) is 18.9 Å². The van der Waals surface area contributed by atoms with Crippen LogP contribution in [0.5, 0.6) is 0 Å². The summed E-state index contributed by atoms with van der Waals surface area (Å²) < 4.78 is 34.5. The maximum Gasteiger partial charge on any atom is 0.220 e. The van der Waals surface area contributed by atoms with Gasteiger partial charge in [-0.25, -0.2) is 0 Å². The Bertz CT molecular complexity index is 2170. The molecule has 0 aliphatic carbocycles. The average Bonchev–Trinajstić information content (AvgIpc) is 0.780. The van der Waals surface area contributed by atoms with Crippen molar-refractivity contribution in [2.75, 3.05) is 26.4 Å². The normalized spacial score (nSPS) is 25.3. The molecule has 3 fully saturated rings. The van der Waals surface area contributed by atoms with Crippen molar-refractivity contribution in [2.45, 2.75) is 497 Å². The predicted molar refractivity (Wildman–Crippen MR) is 443 cm³/mol. The Hall–Kier alpha value is -2.25. The zero-order valence-electron chi connectivity index (χ0n) is 69.8. The highest BCUT2D eigenvalue weighted by Crippen LogP contribution is 2.34. The van der Waals surface area contributed by atoms with Gasteiger partial charge in [-0.2, -0.15) is 0 Å². The molecule has 0 saturated carbocycles. The van der Waals surface area contributed by atoms with Crippen molar-refractivity contribution in [3.8, 4) is 0 Å². The molecule has 1 amide bonds. The second kappa shape index (κ2) is 70.9. The molecular formula is C91H169NO18. The Labute approximate surface area is 669 Å². The molecule has 0 aromatic rings. The average molecular weight is 1570 g/mol. The number of amides is 1. The molecule has 3 rings (SSSR count). The van der Waals surface area contributed by atoms with Crippen molar-refractivity contribution in [1.29, 1.82) is 0 Å². The molecule has 0 spiro atoms. The topological polar surface area (TPSA) is 307 Å². The highest BCUT2D eigenvalue weighted by atomic mass is 16.8. The molecule has 0 radical (unpaired) electrons. The second-order valence-corrected chi connectivity index (χ2v) is 32.8. The van der Waals surface area contributed by atoms with Gasteiger partial charge in [-0.1, -0.05) is 377 Å². The molecule has 3 aliphatic heterocycles. The highest BCUT2D eigenvalue weighted by Gasteiger charge is 2.54. The van der Waals surface area contributed by atoms with Crippen LogP contribution in [0.15, 0.2) is 48.6 Å². The highest BCUT2D eigenvalue weighted by molar-refractivity contribution is 5.76. The van der Waals surface area contributed by atoms with Crippen LogP contribution in [0.3, 0.4) is 0 Å². The number of carbonyl (C=O) groups is 1. The molecule has 3 aliphatic rings. The van der Waals surface area contributed by atoms with E-state index in [2.05, 4.69) is 55.6 Å². The van der Waals surface area contributed by atoms with Crippen LogP contribution in [0.25, 0.3) is 0 Å². The fourth-order valence-electron chi connectivity index (χ4n) is 15.6. The Morgan fingerprint density at radius 3 is 0.936 bits per heavy atom. The third-order valence-electron chi connectivity index (χ3n) is 22.9. The number of aliphatic hydroxyl groups excluding tert-OH is 11. The summed E-state index contributed by atoms with van der Waals surface area (Å²) in [6.45, 7) is 1.79. The largest absolute Gasteiger partial charge is 0.394 e. The minimum Gasteiger partial charge on any atom is -0.394 e. The van der Waals surface area contributed by atoms with E-state index in [-0.39, 0.29) is 18.9 Å². The van der Waals surface area contributed by atoms with Gasteiger partial charge in [0.05, 0.1) is 38.6 Å². The zero-order chi connectivity index (χ0) is 79.5. The second-order valence-electron chi connectivity index (χ2n) is 32.8. The van der Waals surface area contributed by atoms with Crippen molar-refractivity contribution in [1.82, 2.24) is 5.32 Å². The molecule has 3 saturated heterocycles. The number of hydrogen-bond acceptors (Lipinski definition) is 18. The number of hydrogen-bond donors (Lipinski definition) is 12. The van der Waals surface area contributed by atoms with Gasteiger partial charge in [0.25, 0.3) is 0 Å². The SMILES string of the molecule is CCCCCCC/C=C\C/C=C\C/C=C\CCCCCCCCCCCCCCCCCCCCC(=O)NC(COC1OC(CO)C(OC2OC(CO)C(OC3OC(CO)C(O)C(O)C3O)C(O)C2O)C(O)C1O)C(O)/C=C/CCCCCCCCCCCCCCCCCCCCCCCCCCCCCCCC. The summed E-state index contributed by atoms with van der Waals surface area (Å²) in [7, 11) is 0. The minimum atomic E-state index is -1.98. The number of allylic oxidation sites excluding steroid dienone is 7. The molecule has 3 heterocycles. The van der Waals surface area contributed by atoms with Gasteiger partial charge in [0.2, 0.25) is 5.91 Å². The first-order chi connectivity index (χ1) is 53.8. The number of unbranched alkanes of at least 4 members (excludes halogenated alkanes) is 53. The third-order valence-corrected chi connectivity index (χ3v) is 22.9. The van der Waals surface area contributed by atoms with Crippen molar-refractivity contribution in [2.24, 2.45) is 0 Å². The molecule has 0 aromatic carbocycles. The maximum atomic E-state index is 13.5. The summed E-state index contributed by atoms with van der Waals surface area (Å²) in [4.78, 5) is 13.5. The summed E-state index contributed by atoms with van der Waals surface area (Å²) in [5.74, 6) is -0.269. The van der Waals surface area contributed by atoms with Crippen LogP contribution >= 0.6 is 0 Å². The van der Waals surface area contributed by atoms with Gasteiger partial charge in [-0.05, 0) is 57.8 Å². The number of ether oxygens (including phenoxy) is 6. The van der Waals surface area contributed by atoms with E-state index in [0.29, 0.717) is 6.42 Å². The number of nitrogens with one attached hydrogen (secondary N) is 1. The molecule has 0 bridgehead atoms. The van der Waals surface area contributed by atoms with Gasteiger partial charge in [0, 0.05) is 6.42 Å². The summed E-state index contributed by atoms with van der Waals surface area (Å²) in [6.07, 6.45) is 65.5. The van der Waals surface area contributed by atoms with Gasteiger partial charge in [0.1, 0.15) is 73.2 Å². The van der Waals surface area contributed by atoms with E-state index in [9.17, 15) is 61.0 Å². The monoisotopic (exact) mass is 1560 g/mol. The number of aliphatic hydroxyl groups is 11. The van der Waals surface area contributed by atoms with E-state index in [0.717, 1.165) is 57.8 Å². The quantitative estimate of drug-likeness (QED) is 0.0199. The molecule has 17 atom stereocenters. The van der Waals surface area contributed by atoms with Gasteiger partial charge < -0.3 is 89.9 Å². The van der Waals surface area contributed by atoms with Crippen LogP contribution in [0.1, 0.15) is 393 Å². The zero-order valence-corrected chi connectivity index (χ0v) is 69.8. The lowest BCUT2D eigenvalue weighted by molar-refractivity contribution is -0.379. The Morgan fingerprint density at radius 2 is 0.600 bits per heavy atom. The van der Waals surface area contributed by atoms with Crippen molar-refractivity contribution in [3.63, 3.8) is 0 Å². The molecule has 0 aromatic heterocycles. The Morgan fingerprint density at radius 1 is 0.327 bits per heavy atom. The lowest BCUT2D eigenvalue weighted by Gasteiger charge is -2.48. The van der Waals surface area contributed by atoms with Crippen LogP contribution in [0, 0.1) is 0 Å². The van der Waals surface area contributed by atoms with Gasteiger partial charge >= 0.3 is 0 Å². The van der Waals surface area contributed by atoms with Crippen molar-refractivity contribution in [3.05, 3.63) is 48.6 Å². The fourth-order valence-corrected chi connectivity index (χ4v) is 15.6. The summed E-state index contributed by atoms with van der Waals surface area (Å²) >= 11 is 0. The minimum absolute atomic E-state index is 0.245. The molecule has 646 valence electrons. The van der Waals surface area contributed by atoms with Gasteiger partial charge in [-0.15, -0.1) is 0 Å². The first kappa shape index (κ1) is 102. The first-order valence-corrected chi connectivity index (χ1v) is 45.9. The fraction of sp³-hybridized carbons (Fsp3) is 0.901. The molecule has 19 heteroatoms. The van der Waals surface area contributed by atoms with Crippen LogP contribution in [0.2, 0.25) is 0 Å². The van der Waals surface area contributed by atoms with Crippen LogP contribution < -0.4 is 5.32 Å². The van der Waals surface area contributed by atoms with Crippen molar-refractivity contribution < 1.29 is 89.4 Å². The molecule has 19 nitrogen and oxygen atoms in total. The standard InChI is InChI=1S/C91H169NO18/c1-3-5-7-9-11-13-15-17-19-21-23-25-27-29-31-33-35-37-39-41-43-45-47-49-51-53-55-57-59-61-63-65-67-69-79(97)92-74(75(96)68-66-64-62-60-58-56-54-52-50-48-46-44-42-40-38-36-34-32-30-28-26-24-22-20-18-16-14-12-10-8-6-4-2)73-105-89-85(103)82(100)87(77(71-94)107-89)110-91-86(104)83(101)88(78(72-95)108-91)109-90-84(102)81(99)80(98)76(70-93)106-90/h15,17,21,23,27,29,66,68,74-78,80-91,93-96,98-104H,3-14,16,18-20,22,24-26,28,30-65,67,69-73H2,1-2H3,(H,92,97)/b17-15-,23-21-,29-27-,68-66+. The number of carbonyl (C=O) groups excluding carboxylic acids is 1. The van der Waals surface area contributed by atoms with Crippen LogP contribution in [-0.2, 0) is 33.2 Å². The predicted octanol–water partition coefficient (Wildman–Crippen LogP) is 17.6. The summed E-state index contributed by atoms with van der Waals surface area (Å²) in [6, 6.07) is -0.976. The maximum absolute atomic E-state index is 13.5. The van der Waals surface area contributed by atoms with E-state index in [1.807, 2.05) is 6.08 Å². The molecule has 12 N–H and O–H groups in total. The lowest BCUT2D eigenvalue weighted by atomic mass is 9.96. The Kier molecular flexibility index (Phi) is 65.7. The van der Waals surface area contributed by atoms with Crippen molar-refractivity contribution >= 4 is 5.91 Å². The summed E-state index contributed by atoms with van der Waals surface area (Å²) in [5, 5.41) is 121. The van der Waals surface area contributed by atoms with E-state index in [1.54, 1.807) is 6.08 Å². The van der Waals surface area contributed by atoms with E-state index in [4.69, 9.17) is 28.4 Å². The number of rotatable bonds is 75.